The minimum absolute atomic E-state index is 0.0778. The van der Waals surface area contributed by atoms with Gasteiger partial charge in [-0.1, -0.05) is 32.9 Å². The van der Waals surface area contributed by atoms with Crippen molar-refractivity contribution in [3.63, 3.8) is 0 Å². The van der Waals surface area contributed by atoms with E-state index in [9.17, 15) is 13.6 Å². The number of benzene rings is 1. The maximum Gasteiger partial charge on any atom is 0.315 e. The molecule has 0 heterocycles. The molecule has 0 saturated heterocycles. The molecule has 1 amide bonds. The van der Waals surface area contributed by atoms with E-state index in [2.05, 4.69) is 5.32 Å². The minimum atomic E-state index is -2.99. The Bertz CT molecular complexity index is 383. The summed E-state index contributed by atoms with van der Waals surface area (Å²) in [5, 5.41) is 2.16. The standard InChI is InChI=1S/C12H15F2NO/c1-12(2,3)8-5-4-6-9(7-8)15-11(16)10(13)14/h4-7,10H,1-3H3,(H,15,16). The van der Waals surface area contributed by atoms with Crippen molar-refractivity contribution in [2.75, 3.05) is 5.32 Å². The third kappa shape index (κ3) is 3.29. The van der Waals surface area contributed by atoms with E-state index < -0.39 is 12.3 Å². The van der Waals surface area contributed by atoms with Crippen LogP contribution in [0, 0.1) is 0 Å². The first kappa shape index (κ1) is 12.6. The van der Waals surface area contributed by atoms with Gasteiger partial charge < -0.3 is 5.32 Å². The first-order valence-electron chi connectivity index (χ1n) is 5.00. The zero-order chi connectivity index (χ0) is 12.3. The molecular formula is C12H15F2NO. The second kappa shape index (κ2) is 4.60. The van der Waals surface area contributed by atoms with E-state index in [4.69, 9.17) is 0 Å². The Morgan fingerprint density at radius 3 is 2.44 bits per heavy atom. The van der Waals surface area contributed by atoms with Gasteiger partial charge in [0.05, 0.1) is 0 Å². The highest BCUT2D eigenvalue weighted by atomic mass is 19.3. The molecule has 1 aromatic carbocycles. The first-order chi connectivity index (χ1) is 7.30. The van der Waals surface area contributed by atoms with Crippen molar-refractivity contribution in [2.45, 2.75) is 32.6 Å². The Kier molecular flexibility index (Phi) is 3.62. The summed E-state index contributed by atoms with van der Waals surface area (Å²) in [7, 11) is 0. The average Bonchev–Trinajstić information content (AvgIpc) is 2.16. The Balaban J connectivity index is 2.88. The Labute approximate surface area is 93.7 Å². The molecule has 0 fully saturated rings. The third-order valence-corrected chi connectivity index (χ3v) is 2.19. The minimum Gasteiger partial charge on any atom is -0.321 e. The number of rotatable bonds is 2. The molecule has 0 aliphatic rings. The van der Waals surface area contributed by atoms with Crippen LogP contribution in [-0.4, -0.2) is 12.3 Å². The van der Waals surface area contributed by atoms with Crippen molar-refractivity contribution in [3.8, 4) is 0 Å². The molecule has 0 aromatic heterocycles. The highest BCUT2D eigenvalue weighted by Crippen LogP contribution is 2.24. The van der Waals surface area contributed by atoms with Crippen molar-refractivity contribution in [1.29, 1.82) is 0 Å². The highest BCUT2D eigenvalue weighted by Gasteiger charge is 2.17. The van der Waals surface area contributed by atoms with Gasteiger partial charge in [0.1, 0.15) is 0 Å². The largest absolute Gasteiger partial charge is 0.321 e. The van der Waals surface area contributed by atoms with Crippen molar-refractivity contribution >= 4 is 11.6 Å². The number of alkyl halides is 2. The zero-order valence-corrected chi connectivity index (χ0v) is 9.55. The molecule has 4 heteroatoms. The molecule has 0 spiro atoms. The van der Waals surface area contributed by atoms with E-state index in [0.29, 0.717) is 5.69 Å². The number of hydrogen-bond donors (Lipinski definition) is 1. The van der Waals surface area contributed by atoms with Crippen molar-refractivity contribution < 1.29 is 13.6 Å². The summed E-state index contributed by atoms with van der Waals surface area (Å²) in [5.74, 6) is -1.27. The lowest BCUT2D eigenvalue weighted by Gasteiger charge is -2.19. The topological polar surface area (TPSA) is 29.1 Å². The molecule has 1 aromatic rings. The summed E-state index contributed by atoms with van der Waals surface area (Å²) in [6.07, 6.45) is -2.99. The maximum absolute atomic E-state index is 12.0. The number of anilines is 1. The number of halogens is 2. The summed E-state index contributed by atoms with van der Waals surface area (Å²) in [6, 6.07) is 6.94. The van der Waals surface area contributed by atoms with Gasteiger partial charge in [-0.3, -0.25) is 4.79 Å². The zero-order valence-electron chi connectivity index (χ0n) is 9.55. The number of carbonyl (C=O) groups is 1. The van der Waals surface area contributed by atoms with Crippen LogP contribution in [0.25, 0.3) is 0 Å². The Morgan fingerprint density at radius 1 is 1.31 bits per heavy atom. The van der Waals surface area contributed by atoms with Gasteiger partial charge in [-0.15, -0.1) is 0 Å². The van der Waals surface area contributed by atoms with E-state index >= 15 is 0 Å². The molecule has 2 nitrogen and oxygen atoms in total. The maximum atomic E-state index is 12.0. The van der Waals surface area contributed by atoms with Gasteiger partial charge in [0, 0.05) is 5.69 Å². The molecule has 0 bridgehead atoms. The number of amides is 1. The van der Waals surface area contributed by atoms with E-state index in [1.54, 1.807) is 18.2 Å². The van der Waals surface area contributed by atoms with Gasteiger partial charge in [-0.05, 0) is 23.1 Å². The van der Waals surface area contributed by atoms with Crippen LogP contribution < -0.4 is 5.32 Å². The van der Waals surface area contributed by atoms with Crippen LogP contribution >= 0.6 is 0 Å². The van der Waals surface area contributed by atoms with Crippen LogP contribution in [0.4, 0.5) is 14.5 Å². The first-order valence-corrected chi connectivity index (χ1v) is 5.00. The number of nitrogens with one attached hydrogen (secondary N) is 1. The van der Waals surface area contributed by atoms with Gasteiger partial charge in [-0.25, -0.2) is 0 Å². The molecule has 0 atom stereocenters. The van der Waals surface area contributed by atoms with Gasteiger partial charge >= 0.3 is 6.43 Å². The third-order valence-electron chi connectivity index (χ3n) is 2.19. The van der Waals surface area contributed by atoms with Crippen LogP contribution in [-0.2, 0) is 10.2 Å². The molecule has 0 saturated carbocycles. The molecule has 1 N–H and O–H groups in total. The van der Waals surface area contributed by atoms with Gasteiger partial charge in [-0.2, -0.15) is 8.78 Å². The fourth-order valence-electron chi connectivity index (χ4n) is 1.26. The van der Waals surface area contributed by atoms with Crippen molar-refractivity contribution in [2.24, 2.45) is 0 Å². The van der Waals surface area contributed by atoms with Crippen LogP contribution in [0.2, 0.25) is 0 Å². The van der Waals surface area contributed by atoms with E-state index in [1.165, 1.54) is 0 Å². The van der Waals surface area contributed by atoms with Gasteiger partial charge in [0.25, 0.3) is 5.91 Å². The lowest BCUT2D eigenvalue weighted by Crippen LogP contribution is -2.20. The number of hydrogen-bond acceptors (Lipinski definition) is 1. The molecular weight excluding hydrogens is 212 g/mol. The predicted molar refractivity (Wildman–Crippen MR) is 59.8 cm³/mol. The fourth-order valence-corrected chi connectivity index (χ4v) is 1.26. The Hall–Kier alpha value is -1.45. The molecule has 88 valence electrons. The van der Waals surface area contributed by atoms with Crippen LogP contribution in [0.1, 0.15) is 26.3 Å². The monoisotopic (exact) mass is 227 g/mol. The molecule has 16 heavy (non-hydrogen) atoms. The van der Waals surface area contributed by atoms with E-state index in [1.807, 2.05) is 26.8 Å². The molecule has 0 aliphatic carbocycles. The molecule has 0 radical (unpaired) electrons. The van der Waals surface area contributed by atoms with E-state index in [0.717, 1.165) is 5.56 Å². The summed E-state index contributed by atoms with van der Waals surface area (Å²) in [5.41, 5.74) is 1.31. The fraction of sp³-hybridized carbons (Fsp3) is 0.417. The average molecular weight is 227 g/mol. The number of carbonyl (C=O) groups excluding carboxylic acids is 1. The highest BCUT2D eigenvalue weighted by molar-refractivity contribution is 5.93. The lowest BCUT2D eigenvalue weighted by atomic mass is 9.87. The summed E-state index contributed by atoms with van der Waals surface area (Å²) < 4.78 is 24.1. The van der Waals surface area contributed by atoms with Gasteiger partial charge in [0.15, 0.2) is 0 Å². The van der Waals surface area contributed by atoms with Crippen LogP contribution in [0.3, 0.4) is 0 Å². The summed E-state index contributed by atoms with van der Waals surface area (Å²) in [6.45, 7) is 6.04. The molecule has 1 rings (SSSR count). The second-order valence-corrected chi connectivity index (χ2v) is 4.62. The molecule has 0 aliphatic heterocycles. The lowest BCUT2D eigenvalue weighted by molar-refractivity contribution is -0.126. The predicted octanol–water partition coefficient (Wildman–Crippen LogP) is 3.19. The van der Waals surface area contributed by atoms with E-state index in [-0.39, 0.29) is 5.41 Å². The smallest absolute Gasteiger partial charge is 0.315 e. The summed E-state index contributed by atoms with van der Waals surface area (Å²) >= 11 is 0. The van der Waals surface area contributed by atoms with Crippen LogP contribution in [0.15, 0.2) is 24.3 Å². The van der Waals surface area contributed by atoms with Crippen LogP contribution in [0.5, 0.6) is 0 Å². The second-order valence-electron chi connectivity index (χ2n) is 4.62. The van der Waals surface area contributed by atoms with Gasteiger partial charge in [0.2, 0.25) is 0 Å². The van der Waals surface area contributed by atoms with Crippen molar-refractivity contribution in [1.82, 2.24) is 0 Å². The summed E-state index contributed by atoms with van der Waals surface area (Å²) in [4.78, 5) is 10.8. The SMILES string of the molecule is CC(C)(C)c1cccc(NC(=O)C(F)F)c1. The van der Waals surface area contributed by atoms with Crippen molar-refractivity contribution in [3.05, 3.63) is 29.8 Å². The molecule has 0 unspecified atom stereocenters. The normalized spacial score (nSPS) is 11.6. The Morgan fingerprint density at radius 2 is 1.94 bits per heavy atom. The quantitative estimate of drug-likeness (QED) is 0.826.